The minimum Gasteiger partial charge on any atom is -0.368 e. The first-order chi connectivity index (χ1) is 15.0. The zero-order chi connectivity index (χ0) is 21.8. The standard InChI is InChI=1S/C21H28F3N7.HI/c1-2-25-20(26-15-19-28-27-18-8-3-4-9-31(18)19)30-12-10-29(11-13-30)17-7-5-6-16(14-17)21(22,23)24;/h5-7,14H,2-4,8-13,15H2,1H3,(H,25,26);1H. The van der Waals surface area contributed by atoms with Crippen LogP contribution in [0, 0.1) is 0 Å². The van der Waals surface area contributed by atoms with Gasteiger partial charge in [-0.05, 0) is 38.0 Å². The molecule has 1 aromatic heterocycles. The quantitative estimate of drug-likeness (QED) is 0.351. The van der Waals surface area contributed by atoms with Crippen molar-refractivity contribution < 1.29 is 13.2 Å². The highest BCUT2D eigenvalue weighted by atomic mass is 127. The zero-order valence-electron chi connectivity index (χ0n) is 18.1. The molecular formula is C21H29F3IN7. The minimum absolute atomic E-state index is 0. The Hall–Kier alpha value is -2.05. The second-order valence-electron chi connectivity index (χ2n) is 7.83. The van der Waals surface area contributed by atoms with Gasteiger partial charge in [0.25, 0.3) is 0 Å². The topological polar surface area (TPSA) is 61.6 Å². The van der Waals surface area contributed by atoms with E-state index in [1.54, 1.807) is 6.07 Å². The van der Waals surface area contributed by atoms with Crippen LogP contribution in [0.1, 0.15) is 37.0 Å². The maximum absolute atomic E-state index is 13.0. The predicted octanol–water partition coefficient (Wildman–Crippen LogP) is 3.54. The summed E-state index contributed by atoms with van der Waals surface area (Å²) in [5, 5.41) is 11.9. The van der Waals surface area contributed by atoms with E-state index >= 15 is 0 Å². The number of rotatable bonds is 4. The fourth-order valence-electron chi connectivity index (χ4n) is 4.11. The summed E-state index contributed by atoms with van der Waals surface area (Å²) in [6.07, 6.45) is -1.07. The van der Waals surface area contributed by atoms with Crippen molar-refractivity contribution in [2.24, 2.45) is 4.99 Å². The number of aryl methyl sites for hydroxylation is 1. The third-order valence-corrected chi connectivity index (χ3v) is 5.76. The lowest BCUT2D eigenvalue weighted by atomic mass is 10.1. The minimum atomic E-state index is -4.33. The molecule has 0 radical (unpaired) electrons. The number of nitrogens with zero attached hydrogens (tertiary/aromatic N) is 6. The molecule has 0 spiro atoms. The van der Waals surface area contributed by atoms with E-state index in [4.69, 9.17) is 4.99 Å². The lowest BCUT2D eigenvalue weighted by Gasteiger charge is -2.38. The van der Waals surface area contributed by atoms with Crippen LogP contribution in [0.3, 0.4) is 0 Å². The number of aromatic nitrogens is 3. The monoisotopic (exact) mass is 563 g/mol. The molecule has 1 N–H and O–H groups in total. The Balaban J connectivity index is 0.00000289. The molecule has 11 heteroatoms. The normalized spacial score (nSPS) is 17.1. The van der Waals surface area contributed by atoms with Gasteiger partial charge in [-0.1, -0.05) is 6.07 Å². The Morgan fingerprint density at radius 2 is 1.88 bits per heavy atom. The third-order valence-electron chi connectivity index (χ3n) is 5.76. The maximum Gasteiger partial charge on any atom is 0.416 e. The molecule has 2 aromatic rings. The summed E-state index contributed by atoms with van der Waals surface area (Å²) in [7, 11) is 0. The highest BCUT2D eigenvalue weighted by Gasteiger charge is 2.31. The smallest absolute Gasteiger partial charge is 0.368 e. The van der Waals surface area contributed by atoms with Crippen LogP contribution < -0.4 is 10.2 Å². The van der Waals surface area contributed by atoms with E-state index in [1.807, 2.05) is 11.8 Å². The third kappa shape index (κ3) is 5.65. The van der Waals surface area contributed by atoms with Crippen molar-refractivity contribution in [1.82, 2.24) is 25.0 Å². The number of aliphatic imine (C=N–C) groups is 1. The van der Waals surface area contributed by atoms with E-state index in [0.29, 0.717) is 38.4 Å². The Kier molecular flexibility index (Phi) is 8.23. The van der Waals surface area contributed by atoms with Gasteiger partial charge in [-0.2, -0.15) is 13.2 Å². The summed E-state index contributed by atoms with van der Waals surface area (Å²) in [5.41, 5.74) is -0.00882. The molecule has 0 bridgehead atoms. The molecule has 176 valence electrons. The van der Waals surface area contributed by atoms with Crippen LogP contribution in [0.25, 0.3) is 0 Å². The fraction of sp³-hybridized carbons (Fsp3) is 0.571. The number of hydrogen-bond acceptors (Lipinski definition) is 4. The summed E-state index contributed by atoms with van der Waals surface area (Å²) in [4.78, 5) is 8.92. The average molecular weight is 563 g/mol. The van der Waals surface area contributed by atoms with Gasteiger partial charge in [0.05, 0.1) is 5.56 Å². The second-order valence-corrected chi connectivity index (χ2v) is 7.83. The first kappa shape index (κ1) is 24.6. The van der Waals surface area contributed by atoms with E-state index in [0.717, 1.165) is 56.0 Å². The van der Waals surface area contributed by atoms with Crippen LogP contribution in [-0.4, -0.2) is 58.3 Å². The summed E-state index contributed by atoms with van der Waals surface area (Å²) < 4.78 is 41.3. The number of nitrogens with one attached hydrogen (secondary N) is 1. The van der Waals surface area contributed by atoms with Crippen molar-refractivity contribution in [2.75, 3.05) is 37.6 Å². The second kappa shape index (κ2) is 10.7. The molecule has 1 aromatic carbocycles. The van der Waals surface area contributed by atoms with Gasteiger partial charge in [0, 0.05) is 51.4 Å². The number of alkyl halides is 3. The molecular weight excluding hydrogens is 534 g/mol. The van der Waals surface area contributed by atoms with Gasteiger partial charge >= 0.3 is 6.18 Å². The molecule has 2 aliphatic rings. The molecule has 2 aliphatic heterocycles. The number of anilines is 1. The predicted molar refractivity (Wildman–Crippen MR) is 128 cm³/mol. The Bertz CT molecular complexity index is 920. The van der Waals surface area contributed by atoms with Crippen LogP contribution in [-0.2, 0) is 25.7 Å². The summed E-state index contributed by atoms with van der Waals surface area (Å²) in [5.74, 6) is 2.73. The molecule has 0 amide bonds. The van der Waals surface area contributed by atoms with Gasteiger partial charge < -0.3 is 19.7 Å². The molecule has 0 aliphatic carbocycles. The van der Waals surface area contributed by atoms with Crippen LogP contribution in [0.15, 0.2) is 29.3 Å². The molecule has 4 rings (SSSR count). The average Bonchev–Trinajstić information content (AvgIpc) is 3.19. The Labute approximate surface area is 203 Å². The van der Waals surface area contributed by atoms with Crippen molar-refractivity contribution in [1.29, 1.82) is 0 Å². The molecule has 1 saturated heterocycles. The van der Waals surface area contributed by atoms with E-state index in [2.05, 4.69) is 25.0 Å². The van der Waals surface area contributed by atoms with E-state index in [9.17, 15) is 13.2 Å². The van der Waals surface area contributed by atoms with Crippen molar-refractivity contribution >= 4 is 35.6 Å². The lowest BCUT2D eigenvalue weighted by Crippen LogP contribution is -2.52. The molecule has 0 saturated carbocycles. The number of piperazine rings is 1. The molecule has 0 unspecified atom stereocenters. The van der Waals surface area contributed by atoms with E-state index in [1.165, 1.54) is 12.1 Å². The molecule has 3 heterocycles. The Morgan fingerprint density at radius 3 is 2.59 bits per heavy atom. The molecule has 32 heavy (non-hydrogen) atoms. The first-order valence-electron chi connectivity index (χ1n) is 10.8. The van der Waals surface area contributed by atoms with Gasteiger partial charge in [-0.15, -0.1) is 34.2 Å². The van der Waals surface area contributed by atoms with Crippen molar-refractivity contribution in [3.8, 4) is 0 Å². The van der Waals surface area contributed by atoms with E-state index in [-0.39, 0.29) is 24.0 Å². The zero-order valence-corrected chi connectivity index (χ0v) is 20.4. The van der Waals surface area contributed by atoms with Crippen molar-refractivity contribution in [3.05, 3.63) is 41.5 Å². The fourth-order valence-corrected chi connectivity index (χ4v) is 4.11. The van der Waals surface area contributed by atoms with Crippen molar-refractivity contribution in [2.45, 2.75) is 45.5 Å². The largest absolute Gasteiger partial charge is 0.416 e. The van der Waals surface area contributed by atoms with Gasteiger partial charge in [-0.25, -0.2) is 4.99 Å². The molecule has 0 atom stereocenters. The highest BCUT2D eigenvalue weighted by Crippen LogP contribution is 2.31. The summed E-state index contributed by atoms with van der Waals surface area (Å²) in [6, 6.07) is 5.54. The SMILES string of the molecule is CCNC(=NCc1nnc2n1CCCC2)N1CCN(c2cccc(C(F)(F)F)c2)CC1.I. The van der Waals surface area contributed by atoms with Gasteiger partial charge in [-0.3, -0.25) is 0 Å². The lowest BCUT2D eigenvalue weighted by molar-refractivity contribution is -0.137. The van der Waals surface area contributed by atoms with Crippen molar-refractivity contribution in [3.63, 3.8) is 0 Å². The van der Waals surface area contributed by atoms with Gasteiger partial charge in [0.1, 0.15) is 12.4 Å². The number of hydrogen-bond donors (Lipinski definition) is 1. The van der Waals surface area contributed by atoms with Crippen LogP contribution in [0.4, 0.5) is 18.9 Å². The van der Waals surface area contributed by atoms with Gasteiger partial charge in [0.15, 0.2) is 11.8 Å². The number of benzene rings is 1. The number of guanidine groups is 1. The summed E-state index contributed by atoms with van der Waals surface area (Å²) >= 11 is 0. The summed E-state index contributed by atoms with van der Waals surface area (Å²) in [6.45, 7) is 6.79. The Morgan fingerprint density at radius 1 is 1.09 bits per heavy atom. The van der Waals surface area contributed by atoms with Crippen LogP contribution in [0.5, 0.6) is 0 Å². The maximum atomic E-state index is 13.0. The number of halogens is 4. The molecule has 1 fully saturated rings. The van der Waals surface area contributed by atoms with Crippen LogP contribution in [0.2, 0.25) is 0 Å². The number of fused-ring (bicyclic) bond motifs is 1. The van der Waals surface area contributed by atoms with Crippen LogP contribution >= 0.6 is 24.0 Å². The molecule has 7 nitrogen and oxygen atoms in total. The van der Waals surface area contributed by atoms with Gasteiger partial charge in [0.2, 0.25) is 0 Å². The van der Waals surface area contributed by atoms with E-state index < -0.39 is 11.7 Å². The highest BCUT2D eigenvalue weighted by molar-refractivity contribution is 14.0. The first-order valence-corrected chi connectivity index (χ1v) is 10.8.